The molecule has 1 atom stereocenters. The van der Waals surface area contributed by atoms with Crippen molar-refractivity contribution in [2.75, 3.05) is 12.1 Å². The van der Waals surface area contributed by atoms with Crippen molar-refractivity contribution in [2.45, 2.75) is 32.7 Å². The Morgan fingerprint density at radius 3 is 2.79 bits per heavy atom. The smallest absolute Gasteiger partial charge is 0.279 e. The summed E-state index contributed by atoms with van der Waals surface area (Å²) in [7, 11) is 0. The van der Waals surface area contributed by atoms with Crippen molar-refractivity contribution >= 4 is 17.4 Å². The number of ketones is 1. The van der Waals surface area contributed by atoms with E-state index in [-0.39, 0.29) is 23.7 Å². The number of Topliss-reactive ketones (excluding diaryl/α,β-unsaturated/α-hetero) is 1. The summed E-state index contributed by atoms with van der Waals surface area (Å²) >= 11 is 0. The number of hydrogen-bond acceptors (Lipinski definition) is 8. The first kappa shape index (κ1) is 16.7. The molecule has 1 N–H and O–H groups in total. The zero-order valence-electron chi connectivity index (χ0n) is 15.3. The molecule has 0 amide bonds. The topological polar surface area (TPSA) is 121 Å². The summed E-state index contributed by atoms with van der Waals surface area (Å²) in [5, 5.41) is 19.2. The van der Waals surface area contributed by atoms with Crippen LogP contribution in [0.3, 0.4) is 0 Å². The van der Waals surface area contributed by atoms with E-state index in [0.717, 1.165) is 5.70 Å². The molecule has 1 aromatic carbocycles. The second-order valence-corrected chi connectivity index (χ2v) is 7.91. The third kappa shape index (κ3) is 2.37. The van der Waals surface area contributed by atoms with Crippen molar-refractivity contribution in [3.05, 3.63) is 45.4 Å². The Hall–Kier alpha value is -3.43. The van der Waals surface area contributed by atoms with E-state index in [9.17, 15) is 14.9 Å². The van der Waals surface area contributed by atoms with Crippen LogP contribution in [0, 0.1) is 15.5 Å². The average Bonchev–Trinajstić information content (AvgIpc) is 3.25. The maximum atomic E-state index is 13.1. The van der Waals surface area contributed by atoms with E-state index in [4.69, 9.17) is 9.47 Å². The number of nitrogens with zero attached hydrogens (tertiary/aromatic N) is 4. The highest BCUT2D eigenvalue weighted by molar-refractivity contribution is 6.00. The molecule has 0 saturated heterocycles. The molecule has 10 heteroatoms. The number of rotatable bonds is 2. The Kier molecular flexibility index (Phi) is 3.31. The van der Waals surface area contributed by atoms with Gasteiger partial charge in [-0.05, 0) is 17.9 Å². The molecule has 1 unspecified atom stereocenters. The van der Waals surface area contributed by atoms with Gasteiger partial charge in [0, 0.05) is 17.7 Å². The number of nitrogens with one attached hydrogen (secondary N) is 1. The highest BCUT2D eigenvalue weighted by atomic mass is 16.7. The summed E-state index contributed by atoms with van der Waals surface area (Å²) in [6, 6.07) is 2.15. The predicted molar refractivity (Wildman–Crippen MR) is 96.1 cm³/mol. The lowest BCUT2D eigenvalue weighted by Gasteiger charge is -2.38. The molecule has 28 heavy (non-hydrogen) atoms. The Bertz CT molecular complexity index is 1070. The molecule has 3 heterocycles. The van der Waals surface area contributed by atoms with Gasteiger partial charge in [-0.15, -0.1) is 0 Å². The van der Waals surface area contributed by atoms with Gasteiger partial charge in [-0.3, -0.25) is 14.9 Å². The zero-order chi connectivity index (χ0) is 19.6. The lowest BCUT2D eigenvalue weighted by atomic mass is 9.73. The summed E-state index contributed by atoms with van der Waals surface area (Å²) in [6.07, 6.45) is 2.35. The summed E-state index contributed by atoms with van der Waals surface area (Å²) in [4.78, 5) is 28.6. The normalized spacial score (nSPS) is 21.8. The van der Waals surface area contributed by atoms with Crippen LogP contribution in [-0.2, 0) is 4.79 Å². The third-order valence-corrected chi connectivity index (χ3v) is 5.29. The molecule has 0 spiro atoms. The number of ether oxygens (including phenoxy) is 2. The van der Waals surface area contributed by atoms with Gasteiger partial charge in [-0.2, -0.15) is 10.1 Å². The molecule has 0 radical (unpaired) electrons. The van der Waals surface area contributed by atoms with Crippen molar-refractivity contribution in [3.63, 3.8) is 0 Å². The van der Waals surface area contributed by atoms with Crippen molar-refractivity contribution in [1.29, 1.82) is 0 Å². The average molecular weight is 383 g/mol. The number of aromatic nitrogens is 3. The molecule has 2 aliphatic heterocycles. The number of nitro benzene ring substituents is 1. The van der Waals surface area contributed by atoms with Crippen molar-refractivity contribution in [3.8, 4) is 11.5 Å². The molecule has 1 aromatic heterocycles. The van der Waals surface area contributed by atoms with Crippen LogP contribution in [0.2, 0.25) is 0 Å². The summed E-state index contributed by atoms with van der Waals surface area (Å²) in [5.74, 6) is 1.11. The first-order valence-corrected chi connectivity index (χ1v) is 8.85. The van der Waals surface area contributed by atoms with Gasteiger partial charge in [0.05, 0.1) is 16.6 Å². The second-order valence-electron chi connectivity index (χ2n) is 7.91. The van der Waals surface area contributed by atoms with Gasteiger partial charge in [-0.25, -0.2) is 4.68 Å². The number of allylic oxidation sites excluding steroid dienone is 2. The van der Waals surface area contributed by atoms with Crippen LogP contribution < -0.4 is 14.8 Å². The summed E-state index contributed by atoms with van der Waals surface area (Å²) < 4.78 is 12.2. The monoisotopic (exact) mass is 383 g/mol. The third-order valence-electron chi connectivity index (χ3n) is 5.29. The predicted octanol–water partition coefficient (Wildman–Crippen LogP) is 2.57. The number of benzene rings is 1. The number of carbonyl (C=O) groups excluding carboxylic acids is 1. The fourth-order valence-corrected chi connectivity index (χ4v) is 4.16. The van der Waals surface area contributed by atoms with Gasteiger partial charge in [0.15, 0.2) is 17.3 Å². The number of nitro groups is 1. The second kappa shape index (κ2) is 5.54. The van der Waals surface area contributed by atoms with E-state index in [1.165, 1.54) is 17.1 Å². The Morgan fingerprint density at radius 2 is 2.04 bits per heavy atom. The number of fused-ring (bicyclic) bond motifs is 2. The maximum absolute atomic E-state index is 13.1. The highest BCUT2D eigenvalue weighted by Crippen LogP contribution is 2.49. The van der Waals surface area contributed by atoms with Crippen molar-refractivity contribution in [1.82, 2.24) is 14.8 Å². The minimum atomic E-state index is -0.757. The van der Waals surface area contributed by atoms with Crippen molar-refractivity contribution < 1.29 is 19.2 Å². The van der Waals surface area contributed by atoms with E-state index in [1.54, 1.807) is 6.07 Å². The van der Waals surface area contributed by atoms with Crippen molar-refractivity contribution in [2.24, 2.45) is 5.41 Å². The van der Waals surface area contributed by atoms with E-state index in [2.05, 4.69) is 15.4 Å². The van der Waals surface area contributed by atoms with Gasteiger partial charge in [0.2, 0.25) is 12.7 Å². The first-order chi connectivity index (χ1) is 13.3. The largest absolute Gasteiger partial charge is 0.454 e. The van der Waals surface area contributed by atoms with Gasteiger partial charge in [0.1, 0.15) is 12.4 Å². The first-order valence-electron chi connectivity index (χ1n) is 8.85. The van der Waals surface area contributed by atoms with E-state index in [0.29, 0.717) is 41.4 Å². The van der Waals surface area contributed by atoms with Gasteiger partial charge < -0.3 is 14.8 Å². The molecule has 3 aliphatic rings. The molecule has 10 nitrogen and oxygen atoms in total. The number of anilines is 1. The molecule has 0 bridgehead atoms. The molecular weight excluding hydrogens is 366 g/mol. The summed E-state index contributed by atoms with van der Waals surface area (Å²) in [5.41, 5.74) is 1.18. The van der Waals surface area contributed by atoms with E-state index < -0.39 is 11.0 Å². The minimum Gasteiger partial charge on any atom is -0.454 e. The lowest BCUT2D eigenvalue weighted by Crippen LogP contribution is -2.36. The molecule has 0 saturated carbocycles. The Balaban J connectivity index is 1.76. The van der Waals surface area contributed by atoms with E-state index in [1.807, 2.05) is 13.8 Å². The lowest BCUT2D eigenvalue weighted by molar-refractivity contribution is -0.385. The van der Waals surface area contributed by atoms with Crippen LogP contribution in [0.4, 0.5) is 11.6 Å². The number of carbonyl (C=O) groups is 1. The Labute approximate surface area is 159 Å². The van der Waals surface area contributed by atoms with Gasteiger partial charge in [0.25, 0.3) is 5.69 Å². The van der Waals surface area contributed by atoms with Crippen LogP contribution in [0.15, 0.2) is 29.7 Å². The molecular formula is C18H17N5O5. The minimum absolute atomic E-state index is 0.00218. The van der Waals surface area contributed by atoms with Gasteiger partial charge in [-0.1, -0.05) is 13.8 Å². The standard InChI is InChI=1S/C18H17N5O5/c1-18(2)5-10-15(12(24)6-18)16(22-17(21-10)19-7-20-22)9-3-13-14(28-8-27-13)4-11(9)23(25)26/h3-4,7,16H,5-6,8H2,1-2H3,(H,19,20,21). The molecule has 144 valence electrons. The maximum Gasteiger partial charge on any atom is 0.279 e. The van der Waals surface area contributed by atoms with Crippen LogP contribution in [0.1, 0.15) is 38.3 Å². The quantitative estimate of drug-likeness (QED) is 0.620. The molecule has 0 fully saturated rings. The van der Waals surface area contributed by atoms with Crippen LogP contribution in [0.25, 0.3) is 0 Å². The molecule has 1 aliphatic carbocycles. The van der Waals surface area contributed by atoms with Crippen LogP contribution in [-0.4, -0.2) is 32.3 Å². The van der Waals surface area contributed by atoms with Gasteiger partial charge >= 0.3 is 0 Å². The Morgan fingerprint density at radius 1 is 1.29 bits per heavy atom. The van der Waals surface area contributed by atoms with E-state index >= 15 is 0 Å². The highest BCUT2D eigenvalue weighted by Gasteiger charge is 2.44. The van der Waals surface area contributed by atoms with Crippen LogP contribution >= 0.6 is 0 Å². The SMILES string of the molecule is CC1(C)CC(=O)C2=C(C1)Nc1ncnn1C2c1cc2c(cc1[N+](=O)[O-])OCO2. The molecule has 2 aromatic rings. The molecule has 5 rings (SSSR count). The zero-order valence-corrected chi connectivity index (χ0v) is 15.3. The van der Waals surface area contributed by atoms with Crippen LogP contribution in [0.5, 0.6) is 11.5 Å². The summed E-state index contributed by atoms with van der Waals surface area (Å²) in [6.45, 7) is 4.04. The fourth-order valence-electron chi connectivity index (χ4n) is 4.16. The fraction of sp³-hybridized carbons (Fsp3) is 0.389. The number of hydrogen-bond donors (Lipinski definition) is 1.